The van der Waals surface area contributed by atoms with Crippen molar-refractivity contribution in [2.45, 2.75) is 20.4 Å². The summed E-state index contributed by atoms with van der Waals surface area (Å²) in [6.45, 7) is 4.33. The Morgan fingerprint density at radius 1 is 1.04 bits per heavy atom. The molecule has 5 heteroatoms. The van der Waals surface area contributed by atoms with Crippen LogP contribution in [0.4, 0.5) is 4.79 Å². The Morgan fingerprint density at radius 3 is 2.59 bits per heavy atom. The highest BCUT2D eigenvalue weighted by molar-refractivity contribution is 8.18. The van der Waals surface area contributed by atoms with E-state index in [0.29, 0.717) is 11.4 Å². The number of nitrogens with zero attached hydrogens (tertiary/aromatic N) is 2. The second kappa shape index (κ2) is 6.74. The number of thioether (sulfide) groups is 1. The molecule has 1 saturated heterocycles. The van der Waals surface area contributed by atoms with Crippen LogP contribution in [-0.4, -0.2) is 20.6 Å². The minimum absolute atomic E-state index is 0.217. The van der Waals surface area contributed by atoms with E-state index in [1.165, 1.54) is 4.90 Å². The fourth-order valence-corrected chi connectivity index (χ4v) is 4.31. The topological polar surface area (TPSA) is 42.3 Å². The van der Waals surface area contributed by atoms with E-state index in [9.17, 15) is 9.59 Å². The van der Waals surface area contributed by atoms with Crippen LogP contribution in [-0.2, 0) is 18.4 Å². The Morgan fingerprint density at radius 2 is 1.81 bits per heavy atom. The van der Waals surface area contributed by atoms with Gasteiger partial charge in [-0.15, -0.1) is 0 Å². The number of hydrogen-bond donors (Lipinski definition) is 0. The number of carbonyl (C=O) groups is 2. The predicted octanol–water partition coefficient (Wildman–Crippen LogP) is 5.03. The molecule has 0 radical (unpaired) electrons. The van der Waals surface area contributed by atoms with Crippen molar-refractivity contribution in [1.82, 2.24) is 9.47 Å². The van der Waals surface area contributed by atoms with Crippen LogP contribution in [0.15, 0.2) is 53.4 Å². The number of para-hydroxylation sites is 1. The molecule has 2 amide bonds. The molecule has 1 aliphatic heterocycles. The number of carbonyl (C=O) groups excluding carboxylic acids is 2. The lowest BCUT2D eigenvalue weighted by atomic mass is 10.1. The molecule has 4 rings (SSSR count). The molecule has 1 aliphatic rings. The first kappa shape index (κ1) is 17.6. The number of aromatic nitrogens is 1. The highest BCUT2D eigenvalue weighted by Crippen LogP contribution is 2.36. The lowest BCUT2D eigenvalue weighted by molar-refractivity contribution is -0.123. The molecule has 2 heterocycles. The lowest BCUT2D eigenvalue weighted by Crippen LogP contribution is -2.27. The van der Waals surface area contributed by atoms with Gasteiger partial charge in [0.2, 0.25) is 0 Å². The average Bonchev–Trinajstić information content (AvgIpc) is 3.05. The molecule has 1 fully saturated rings. The molecule has 0 spiro atoms. The normalized spacial score (nSPS) is 16.1. The van der Waals surface area contributed by atoms with E-state index in [2.05, 4.69) is 10.6 Å². The second-order valence-corrected chi connectivity index (χ2v) is 7.83. The van der Waals surface area contributed by atoms with Gasteiger partial charge >= 0.3 is 0 Å². The molecule has 0 saturated carbocycles. The smallest absolute Gasteiger partial charge is 0.293 e. The molecular weight excluding hydrogens is 356 g/mol. The summed E-state index contributed by atoms with van der Waals surface area (Å²) in [5.41, 5.74) is 5.25. The number of imide groups is 1. The zero-order chi connectivity index (χ0) is 19.1. The summed E-state index contributed by atoms with van der Waals surface area (Å²) in [4.78, 5) is 27.1. The third-order valence-corrected chi connectivity index (χ3v) is 5.93. The maximum Gasteiger partial charge on any atom is 0.293 e. The molecule has 136 valence electrons. The van der Waals surface area contributed by atoms with Crippen LogP contribution in [0.25, 0.3) is 17.0 Å². The minimum Gasteiger partial charge on any atom is -0.347 e. The maximum atomic E-state index is 12.9. The largest absolute Gasteiger partial charge is 0.347 e. The van der Waals surface area contributed by atoms with Gasteiger partial charge in [0.1, 0.15) is 0 Å². The number of aryl methyl sites for hydroxylation is 2. The second-order valence-electron chi connectivity index (χ2n) is 6.83. The number of amides is 2. The number of benzene rings is 2. The van der Waals surface area contributed by atoms with E-state index >= 15 is 0 Å². The van der Waals surface area contributed by atoms with Gasteiger partial charge in [-0.2, -0.15) is 0 Å². The van der Waals surface area contributed by atoms with E-state index in [4.69, 9.17) is 0 Å². The Balaban J connectivity index is 1.69. The molecule has 0 bridgehead atoms. The van der Waals surface area contributed by atoms with Crippen molar-refractivity contribution in [3.05, 3.63) is 75.8 Å². The molecule has 0 atom stereocenters. The van der Waals surface area contributed by atoms with Crippen LogP contribution < -0.4 is 0 Å². The summed E-state index contributed by atoms with van der Waals surface area (Å²) in [6.07, 6.45) is 1.86. The van der Waals surface area contributed by atoms with Crippen molar-refractivity contribution < 1.29 is 9.59 Å². The Kier molecular flexibility index (Phi) is 4.40. The summed E-state index contributed by atoms with van der Waals surface area (Å²) >= 11 is 1.02. The van der Waals surface area contributed by atoms with Crippen molar-refractivity contribution in [3.8, 4) is 0 Å². The first-order valence-electron chi connectivity index (χ1n) is 8.80. The standard InChI is InChI=1S/C22H20N2O2S/c1-14-7-6-8-16(11-14)13-24-21(25)20(27-22(24)26)12-18-15(2)23(3)19-10-5-4-9-17(18)19/h4-12H,13H2,1-3H3/b20-12-. The van der Waals surface area contributed by atoms with Crippen LogP contribution in [0.3, 0.4) is 0 Å². The molecule has 2 aromatic carbocycles. The third-order valence-electron chi connectivity index (χ3n) is 5.02. The predicted molar refractivity (Wildman–Crippen MR) is 110 cm³/mol. The van der Waals surface area contributed by atoms with Crippen LogP contribution >= 0.6 is 11.8 Å². The van der Waals surface area contributed by atoms with Crippen LogP contribution in [0.1, 0.15) is 22.4 Å². The summed E-state index contributed by atoms with van der Waals surface area (Å²) in [5, 5.41) is 0.869. The van der Waals surface area contributed by atoms with Crippen molar-refractivity contribution in [2.24, 2.45) is 7.05 Å². The summed E-state index contributed by atoms with van der Waals surface area (Å²) in [5.74, 6) is -0.223. The molecular formula is C22H20N2O2S. The fourth-order valence-electron chi connectivity index (χ4n) is 3.49. The monoisotopic (exact) mass is 376 g/mol. The number of rotatable bonds is 3. The van der Waals surface area contributed by atoms with Crippen molar-refractivity contribution in [1.29, 1.82) is 0 Å². The van der Waals surface area contributed by atoms with Crippen LogP contribution in [0, 0.1) is 13.8 Å². The Hall–Kier alpha value is -2.79. The average molecular weight is 376 g/mol. The van der Waals surface area contributed by atoms with Crippen molar-refractivity contribution in [2.75, 3.05) is 0 Å². The van der Waals surface area contributed by atoms with Gasteiger partial charge in [-0.3, -0.25) is 14.5 Å². The fraction of sp³-hybridized carbons (Fsp3) is 0.182. The zero-order valence-corrected chi connectivity index (χ0v) is 16.3. The van der Waals surface area contributed by atoms with Gasteiger partial charge in [0.05, 0.1) is 11.4 Å². The number of fused-ring (bicyclic) bond motifs is 1. The van der Waals surface area contributed by atoms with Gasteiger partial charge in [0.25, 0.3) is 11.1 Å². The molecule has 0 N–H and O–H groups in total. The van der Waals surface area contributed by atoms with Crippen molar-refractivity contribution in [3.63, 3.8) is 0 Å². The van der Waals surface area contributed by atoms with Gasteiger partial charge < -0.3 is 4.57 Å². The van der Waals surface area contributed by atoms with Gasteiger partial charge in [-0.25, -0.2) is 0 Å². The quantitative estimate of drug-likeness (QED) is 0.602. The van der Waals surface area contributed by atoms with Gasteiger partial charge in [-0.1, -0.05) is 48.0 Å². The summed E-state index contributed by atoms with van der Waals surface area (Å²) in [7, 11) is 2.01. The van der Waals surface area contributed by atoms with Crippen LogP contribution in [0.5, 0.6) is 0 Å². The van der Waals surface area contributed by atoms with Gasteiger partial charge in [0, 0.05) is 29.2 Å². The first-order chi connectivity index (χ1) is 13.0. The van der Waals surface area contributed by atoms with E-state index in [1.54, 1.807) is 0 Å². The molecule has 27 heavy (non-hydrogen) atoms. The van der Waals surface area contributed by atoms with Gasteiger partial charge in [0.15, 0.2) is 0 Å². The summed E-state index contributed by atoms with van der Waals surface area (Å²) in [6, 6.07) is 16.0. The Bertz CT molecular complexity index is 1110. The van der Waals surface area contributed by atoms with E-state index in [0.717, 1.165) is 45.0 Å². The van der Waals surface area contributed by atoms with E-state index in [1.807, 2.05) is 69.4 Å². The van der Waals surface area contributed by atoms with Crippen LogP contribution in [0.2, 0.25) is 0 Å². The Labute approximate surface area is 162 Å². The molecule has 4 nitrogen and oxygen atoms in total. The lowest BCUT2D eigenvalue weighted by Gasteiger charge is -2.12. The molecule has 3 aromatic rings. The molecule has 1 aromatic heterocycles. The zero-order valence-electron chi connectivity index (χ0n) is 15.5. The van der Waals surface area contributed by atoms with Gasteiger partial charge in [-0.05, 0) is 43.3 Å². The van der Waals surface area contributed by atoms with E-state index < -0.39 is 0 Å². The minimum atomic E-state index is -0.223. The highest BCUT2D eigenvalue weighted by Gasteiger charge is 2.35. The number of hydrogen-bond acceptors (Lipinski definition) is 3. The van der Waals surface area contributed by atoms with Crippen molar-refractivity contribution >= 4 is 39.9 Å². The first-order valence-corrected chi connectivity index (χ1v) is 9.62. The molecule has 0 aliphatic carbocycles. The maximum absolute atomic E-state index is 12.9. The highest BCUT2D eigenvalue weighted by atomic mass is 32.2. The third kappa shape index (κ3) is 3.08. The van der Waals surface area contributed by atoms with E-state index in [-0.39, 0.29) is 11.1 Å². The molecule has 0 unspecified atom stereocenters. The SMILES string of the molecule is Cc1cccc(CN2C(=O)S/C(=C\c3c(C)n(C)c4ccccc34)C2=O)c1. The summed E-state index contributed by atoms with van der Waals surface area (Å²) < 4.78 is 2.11.